The van der Waals surface area contributed by atoms with Gasteiger partial charge >= 0.3 is 0 Å². The molecule has 88 valence electrons. The first kappa shape index (κ1) is 11.9. The number of piperidine rings is 1. The molecule has 1 aliphatic heterocycles. The molecule has 1 heterocycles. The molecule has 1 fully saturated rings. The van der Waals surface area contributed by atoms with Crippen molar-refractivity contribution in [2.45, 2.75) is 25.3 Å². The molecule has 1 aromatic carbocycles. The number of hydrogen-bond donors (Lipinski definition) is 1. The van der Waals surface area contributed by atoms with Crippen molar-refractivity contribution in [3.63, 3.8) is 0 Å². The van der Waals surface area contributed by atoms with Crippen LogP contribution in [0.2, 0.25) is 5.02 Å². The van der Waals surface area contributed by atoms with Crippen LogP contribution in [0.15, 0.2) is 24.3 Å². The van der Waals surface area contributed by atoms with Crippen LogP contribution in [-0.4, -0.2) is 24.5 Å². The van der Waals surface area contributed by atoms with Gasteiger partial charge in [0.25, 0.3) is 0 Å². The Hall–Kier alpha value is -0.570. The van der Waals surface area contributed by atoms with Gasteiger partial charge in [-0.15, -0.1) is 0 Å². The molecule has 3 heteroatoms. The van der Waals surface area contributed by atoms with Crippen molar-refractivity contribution < 1.29 is 0 Å². The number of rotatable bonds is 3. The minimum atomic E-state index is 0.107. The van der Waals surface area contributed by atoms with Crippen molar-refractivity contribution >= 4 is 11.6 Å². The number of halogens is 1. The van der Waals surface area contributed by atoms with Gasteiger partial charge in [-0.25, -0.2) is 0 Å². The van der Waals surface area contributed by atoms with Crippen LogP contribution in [0, 0.1) is 0 Å². The summed E-state index contributed by atoms with van der Waals surface area (Å²) in [6, 6.07) is 7.98. The predicted octanol–water partition coefficient (Wildman–Crippen LogP) is 2.83. The van der Waals surface area contributed by atoms with Gasteiger partial charge in [0.15, 0.2) is 0 Å². The Bertz CT molecular complexity index is 317. The van der Waals surface area contributed by atoms with Crippen LogP contribution in [0.4, 0.5) is 0 Å². The molecule has 1 atom stereocenters. The number of likely N-dealkylation sites (tertiary alicyclic amines) is 1. The molecule has 0 radical (unpaired) electrons. The Balaban J connectivity index is 1.91. The Morgan fingerprint density at radius 2 is 1.75 bits per heavy atom. The smallest absolute Gasteiger partial charge is 0.0424 e. The van der Waals surface area contributed by atoms with Crippen LogP contribution >= 0.6 is 11.6 Å². The summed E-state index contributed by atoms with van der Waals surface area (Å²) in [7, 11) is 0. The van der Waals surface area contributed by atoms with E-state index in [-0.39, 0.29) is 6.04 Å². The van der Waals surface area contributed by atoms with Gasteiger partial charge in [0.05, 0.1) is 0 Å². The molecule has 2 nitrogen and oxygen atoms in total. The molecule has 0 bridgehead atoms. The van der Waals surface area contributed by atoms with Crippen molar-refractivity contribution in [3.8, 4) is 0 Å². The van der Waals surface area contributed by atoms with Gasteiger partial charge in [-0.1, -0.05) is 30.2 Å². The lowest BCUT2D eigenvalue weighted by Gasteiger charge is -2.29. The number of benzene rings is 1. The van der Waals surface area contributed by atoms with Crippen molar-refractivity contribution in [1.82, 2.24) is 4.90 Å². The van der Waals surface area contributed by atoms with Crippen LogP contribution < -0.4 is 5.73 Å². The van der Waals surface area contributed by atoms with Crippen LogP contribution in [0.1, 0.15) is 30.9 Å². The van der Waals surface area contributed by atoms with Gasteiger partial charge < -0.3 is 10.6 Å². The SMILES string of the molecule is NC(CN1CCCCC1)c1ccc(Cl)cc1. The highest BCUT2D eigenvalue weighted by molar-refractivity contribution is 6.30. The maximum Gasteiger partial charge on any atom is 0.0424 e. The fourth-order valence-corrected chi connectivity index (χ4v) is 2.36. The number of nitrogens with two attached hydrogens (primary N) is 1. The van der Waals surface area contributed by atoms with Gasteiger partial charge in [0.1, 0.15) is 0 Å². The summed E-state index contributed by atoms with van der Waals surface area (Å²) < 4.78 is 0. The van der Waals surface area contributed by atoms with E-state index in [0.717, 1.165) is 11.6 Å². The topological polar surface area (TPSA) is 29.3 Å². The summed E-state index contributed by atoms with van der Waals surface area (Å²) in [5.74, 6) is 0. The second kappa shape index (κ2) is 5.67. The summed E-state index contributed by atoms with van der Waals surface area (Å²) in [6.45, 7) is 3.35. The van der Waals surface area contributed by atoms with Gasteiger partial charge in [0.2, 0.25) is 0 Å². The average Bonchev–Trinajstić information content (AvgIpc) is 2.31. The summed E-state index contributed by atoms with van der Waals surface area (Å²) in [4.78, 5) is 2.46. The number of nitrogens with zero attached hydrogens (tertiary/aromatic N) is 1. The molecular weight excluding hydrogens is 220 g/mol. The zero-order valence-electron chi connectivity index (χ0n) is 9.53. The van der Waals surface area contributed by atoms with E-state index < -0.39 is 0 Å². The van der Waals surface area contributed by atoms with Gasteiger partial charge in [-0.3, -0.25) is 0 Å². The molecule has 16 heavy (non-hydrogen) atoms. The first-order chi connectivity index (χ1) is 7.75. The van der Waals surface area contributed by atoms with Crippen LogP contribution in [0.25, 0.3) is 0 Å². The first-order valence-corrected chi connectivity index (χ1v) is 6.37. The highest BCUT2D eigenvalue weighted by Gasteiger charge is 2.14. The molecule has 0 aliphatic carbocycles. The van der Waals surface area contributed by atoms with E-state index >= 15 is 0 Å². The molecule has 1 aromatic rings. The van der Waals surface area contributed by atoms with Crippen molar-refractivity contribution in [3.05, 3.63) is 34.9 Å². The van der Waals surface area contributed by atoms with Gasteiger partial charge in [0, 0.05) is 17.6 Å². The molecule has 1 aliphatic rings. The number of hydrogen-bond acceptors (Lipinski definition) is 2. The van der Waals surface area contributed by atoms with E-state index in [1.165, 1.54) is 37.9 Å². The quantitative estimate of drug-likeness (QED) is 0.878. The van der Waals surface area contributed by atoms with Crippen molar-refractivity contribution in [2.75, 3.05) is 19.6 Å². The third-order valence-corrected chi connectivity index (χ3v) is 3.45. The zero-order valence-corrected chi connectivity index (χ0v) is 10.3. The highest BCUT2D eigenvalue weighted by Crippen LogP contribution is 2.17. The van der Waals surface area contributed by atoms with Crippen molar-refractivity contribution in [2.24, 2.45) is 5.73 Å². The van der Waals surface area contributed by atoms with E-state index in [9.17, 15) is 0 Å². The fraction of sp³-hybridized carbons (Fsp3) is 0.538. The summed E-state index contributed by atoms with van der Waals surface area (Å²) in [5.41, 5.74) is 7.37. The normalized spacial score (nSPS) is 19.6. The lowest BCUT2D eigenvalue weighted by atomic mass is 10.1. The minimum absolute atomic E-state index is 0.107. The third-order valence-electron chi connectivity index (χ3n) is 3.20. The summed E-state index contributed by atoms with van der Waals surface area (Å²) >= 11 is 5.86. The lowest BCUT2D eigenvalue weighted by Crippen LogP contribution is -2.36. The first-order valence-electron chi connectivity index (χ1n) is 5.99. The largest absolute Gasteiger partial charge is 0.323 e. The monoisotopic (exact) mass is 238 g/mol. The Labute approximate surface area is 102 Å². The van der Waals surface area contributed by atoms with Crippen molar-refractivity contribution in [1.29, 1.82) is 0 Å². The second-order valence-corrected chi connectivity index (χ2v) is 4.96. The van der Waals surface area contributed by atoms with E-state index in [4.69, 9.17) is 17.3 Å². The molecule has 1 saturated heterocycles. The lowest BCUT2D eigenvalue weighted by molar-refractivity contribution is 0.216. The Morgan fingerprint density at radius 1 is 1.12 bits per heavy atom. The Kier molecular flexibility index (Phi) is 4.22. The zero-order chi connectivity index (χ0) is 11.4. The standard InChI is InChI=1S/C13H19ClN2/c14-12-6-4-11(5-7-12)13(15)10-16-8-2-1-3-9-16/h4-7,13H,1-3,8-10,15H2. The molecule has 0 aromatic heterocycles. The highest BCUT2D eigenvalue weighted by atomic mass is 35.5. The maximum absolute atomic E-state index is 6.19. The predicted molar refractivity (Wildman–Crippen MR) is 68.7 cm³/mol. The Morgan fingerprint density at radius 3 is 2.38 bits per heavy atom. The van der Waals surface area contributed by atoms with Crippen LogP contribution in [0.5, 0.6) is 0 Å². The van der Waals surface area contributed by atoms with E-state index in [2.05, 4.69) is 4.90 Å². The maximum atomic E-state index is 6.19. The average molecular weight is 239 g/mol. The van der Waals surface area contributed by atoms with Gasteiger partial charge in [-0.05, 0) is 43.6 Å². The second-order valence-electron chi connectivity index (χ2n) is 4.52. The summed E-state index contributed by atoms with van der Waals surface area (Å²) in [5, 5.41) is 0.772. The molecule has 0 spiro atoms. The van der Waals surface area contributed by atoms with Crippen LogP contribution in [0.3, 0.4) is 0 Å². The molecule has 0 amide bonds. The molecule has 0 saturated carbocycles. The molecule has 1 unspecified atom stereocenters. The molecular formula is C13H19ClN2. The third kappa shape index (κ3) is 3.21. The van der Waals surface area contributed by atoms with Gasteiger partial charge in [-0.2, -0.15) is 0 Å². The van der Waals surface area contributed by atoms with E-state index in [1.807, 2.05) is 24.3 Å². The molecule has 2 rings (SSSR count). The van der Waals surface area contributed by atoms with E-state index in [0.29, 0.717) is 0 Å². The molecule has 2 N–H and O–H groups in total. The fourth-order valence-electron chi connectivity index (χ4n) is 2.24. The van der Waals surface area contributed by atoms with Crippen LogP contribution in [-0.2, 0) is 0 Å². The minimum Gasteiger partial charge on any atom is -0.323 e. The summed E-state index contributed by atoms with van der Waals surface area (Å²) in [6.07, 6.45) is 3.99. The van der Waals surface area contributed by atoms with E-state index in [1.54, 1.807) is 0 Å².